The summed E-state index contributed by atoms with van der Waals surface area (Å²) < 4.78 is 0. The van der Waals surface area contributed by atoms with Gasteiger partial charge in [-0.3, -0.25) is 5.32 Å². The fourth-order valence-corrected chi connectivity index (χ4v) is 1.57. The molecule has 0 aliphatic rings. The van der Waals surface area contributed by atoms with E-state index in [2.05, 4.69) is 5.32 Å². The second kappa shape index (κ2) is 4.26. The summed E-state index contributed by atoms with van der Waals surface area (Å²) >= 11 is 22.9. The van der Waals surface area contributed by atoms with E-state index in [1.807, 2.05) is 0 Å². The molecule has 0 atom stereocenters. The number of hydrogen-bond donors (Lipinski definition) is 1. The third-order valence-electron chi connectivity index (χ3n) is 1.29. The van der Waals surface area contributed by atoms with Crippen molar-refractivity contribution in [3.63, 3.8) is 0 Å². The van der Waals surface area contributed by atoms with E-state index in [4.69, 9.17) is 51.7 Å². The van der Waals surface area contributed by atoms with Crippen LogP contribution >= 0.6 is 46.4 Å². The normalized spacial score (nSPS) is 9.46. The summed E-state index contributed by atoms with van der Waals surface area (Å²) in [7, 11) is 0. The zero-order valence-corrected chi connectivity index (χ0v) is 9.06. The quantitative estimate of drug-likeness (QED) is 0.354. The van der Waals surface area contributed by atoms with Crippen LogP contribution in [-0.2, 0) is 0 Å². The van der Waals surface area contributed by atoms with E-state index in [-0.39, 0.29) is 20.1 Å². The van der Waals surface area contributed by atoms with Crippen LogP contribution in [-0.4, -0.2) is 0 Å². The summed E-state index contributed by atoms with van der Waals surface area (Å²) in [5.41, 5.74) is 0.337. The van der Waals surface area contributed by atoms with Crippen molar-refractivity contribution in [1.82, 2.24) is 0 Å². The molecule has 0 unspecified atom stereocenters. The zero-order chi connectivity index (χ0) is 10.0. The fourth-order valence-electron chi connectivity index (χ4n) is 0.724. The molecule has 0 radical (unpaired) electrons. The first-order chi connectivity index (χ1) is 6.07. The SMILES string of the molecule is N#CNc1cc(Cl)c(Cl)c(Cl)c1Cl. The number of benzene rings is 1. The topological polar surface area (TPSA) is 35.8 Å². The highest BCUT2D eigenvalue weighted by Gasteiger charge is 2.12. The van der Waals surface area contributed by atoms with Crippen LogP contribution in [0.2, 0.25) is 20.1 Å². The lowest BCUT2D eigenvalue weighted by molar-refractivity contribution is 1.47. The van der Waals surface area contributed by atoms with Crippen LogP contribution < -0.4 is 5.32 Å². The number of nitriles is 1. The van der Waals surface area contributed by atoms with Gasteiger partial charge in [0.05, 0.1) is 25.8 Å². The lowest BCUT2D eigenvalue weighted by Gasteiger charge is -2.06. The van der Waals surface area contributed by atoms with Crippen LogP contribution in [0.25, 0.3) is 0 Å². The van der Waals surface area contributed by atoms with Gasteiger partial charge in [0.1, 0.15) is 0 Å². The molecule has 0 saturated carbocycles. The molecule has 6 heteroatoms. The van der Waals surface area contributed by atoms with E-state index >= 15 is 0 Å². The average Bonchev–Trinajstić information content (AvgIpc) is 2.11. The van der Waals surface area contributed by atoms with E-state index in [0.717, 1.165) is 0 Å². The third-order valence-corrected chi connectivity index (χ3v) is 3.04. The molecule has 68 valence electrons. The molecule has 0 heterocycles. The van der Waals surface area contributed by atoms with Crippen LogP contribution in [0.4, 0.5) is 5.69 Å². The number of nitrogens with one attached hydrogen (secondary N) is 1. The van der Waals surface area contributed by atoms with Crippen molar-refractivity contribution in [3.05, 3.63) is 26.2 Å². The first-order valence-corrected chi connectivity index (χ1v) is 4.57. The van der Waals surface area contributed by atoms with E-state index in [1.54, 1.807) is 6.19 Å². The molecule has 1 aromatic carbocycles. The highest BCUT2D eigenvalue weighted by molar-refractivity contribution is 6.52. The molecule has 1 rings (SSSR count). The minimum Gasteiger partial charge on any atom is -0.291 e. The largest absolute Gasteiger partial charge is 0.291 e. The smallest absolute Gasteiger partial charge is 0.181 e. The van der Waals surface area contributed by atoms with Gasteiger partial charge in [0, 0.05) is 0 Å². The van der Waals surface area contributed by atoms with Crippen molar-refractivity contribution < 1.29 is 0 Å². The third kappa shape index (κ3) is 2.12. The maximum atomic E-state index is 8.36. The van der Waals surface area contributed by atoms with Gasteiger partial charge in [0.2, 0.25) is 0 Å². The lowest BCUT2D eigenvalue weighted by atomic mass is 10.3. The van der Waals surface area contributed by atoms with Crippen molar-refractivity contribution in [1.29, 1.82) is 5.26 Å². The Morgan fingerprint density at radius 2 is 1.69 bits per heavy atom. The Bertz CT molecular complexity index is 383. The summed E-state index contributed by atoms with van der Waals surface area (Å²) in [5, 5.41) is 11.4. The summed E-state index contributed by atoms with van der Waals surface area (Å²) in [6.07, 6.45) is 1.70. The van der Waals surface area contributed by atoms with Gasteiger partial charge in [-0.05, 0) is 6.07 Å². The molecular formula is C7H2Cl4N2. The molecule has 2 nitrogen and oxygen atoms in total. The molecule has 13 heavy (non-hydrogen) atoms. The molecule has 0 aromatic heterocycles. The average molecular weight is 256 g/mol. The summed E-state index contributed by atoms with van der Waals surface area (Å²) in [6, 6.07) is 1.43. The van der Waals surface area contributed by atoms with Crippen molar-refractivity contribution in [2.45, 2.75) is 0 Å². The van der Waals surface area contributed by atoms with Gasteiger partial charge in [0.15, 0.2) is 6.19 Å². The van der Waals surface area contributed by atoms with Gasteiger partial charge in [-0.2, -0.15) is 5.26 Å². The second-order valence-electron chi connectivity index (χ2n) is 2.08. The zero-order valence-electron chi connectivity index (χ0n) is 6.04. The molecule has 0 spiro atoms. The summed E-state index contributed by atoms with van der Waals surface area (Å²) in [4.78, 5) is 0. The number of rotatable bonds is 1. The number of halogens is 4. The fraction of sp³-hybridized carbons (Fsp3) is 0. The molecule has 0 bridgehead atoms. The number of anilines is 1. The maximum absolute atomic E-state index is 8.36. The van der Waals surface area contributed by atoms with E-state index in [9.17, 15) is 0 Å². The Labute approximate surface area is 95.0 Å². The maximum Gasteiger partial charge on any atom is 0.181 e. The van der Waals surface area contributed by atoms with Crippen molar-refractivity contribution >= 4 is 52.1 Å². The Morgan fingerprint density at radius 3 is 2.23 bits per heavy atom. The minimum atomic E-state index is 0.133. The van der Waals surface area contributed by atoms with Gasteiger partial charge in [-0.25, -0.2) is 0 Å². The molecule has 0 fully saturated rings. The van der Waals surface area contributed by atoms with Crippen molar-refractivity contribution in [2.24, 2.45) is 0 Å². The van der Waals surface area contributed by atoms with Gasteiger partial charge in [-0.1, -0.05) is 46.4 Å². The number of nitrogens with zero attached hydrogens (tertiary/aromatic N) is 1. The highest BCUT2D eigenvalue weighted by Crippen LogP contribution is 2.40. The first-order valence-electron chi connectivity index (χ1n) is 3.06. The summed E-state index contributed by atoms with van der Waals surface area (Å²) in [5.74, 6) is 0. The Morgan fingerprint density at radius 1 is 1.08 bits per heavy atom. The Balaban J connectivity index is 3.34. The highest BCUT2D eigenvalue weighted by atomic mass is 35.5. The van der Waals surface area contributed by atoms with Crippen LogP contribution in [0.1, 0.15) is 0 Å². The predicted octanol–water partition coefficient (Wildman–Crippen LogP) is 4.19. The lowest BCUT2D eigenvalue weighted by Crippen LogP contribution is -1.89. The molecule has 0 aliphatic heterocycles. The standard InChI is InChI=1S/C7H2Cl4N2/c8-3-1-4(13-2-12)6(10)7(11)5(3)9/h1,13H. The molecule has 1 N–H and O–H groups in total. The molecule has 0 aliphatic carbocycles. The van der Waals surface area contributed by atoms with Gasteiger partial charge >= 0.3 is 0 Å². The van der Waals surface area contributed by atoms with Crippen LogP contribution in [0.15, 0.2) is 6.07 Å². The minimum absolute atomic E-state index is 0.133. The first kappa shape index (κ1) is 10.7. The van der Waals surface area contributed by atoms with Crippen LogP contribution in [0, 0.1) is 11.5 Å². The van der Waals surface area contributed by atoms with E-state index < -0.39 is 0 Å². The summed E-state index contributed by atoms with van der Waals surface area (Å²) in [6.45, 7) is 0. The van der Waals surface area contributed by atoms with Gasteiger partial charge in [0.25, 0.3) is 0 Å². The van der Waals surface area contributed by atoms with Crippen molar-refractivity contribution in [2.75, 3.05) is 5.32 Å². The Hall–Kier alpha value is -0.330. The molecule has 0 saturated heterocycles. The van der Waals surface area contributed by atoms with Crippen LogP contribution in [0.5, 0.6) is 0 Å². The predicted molar refractivity (Wildman–Crippen MR) is 55.7 cm³/mol. The van der Waals surface area contributed by atoms with Gasteiger partial charge < -0.3 is 0 Å². The second-order valence-corrected chi connectivity index (χ2v) is 3.63. The molecule has 0 amide bonds. The molecule has 1 aromatic rings. The van der Waals surface area contributed by atoms with E-state index in [1.165, 1.54) is 6.07 Å². The number of hydrogen-bond acceptors (Lipinski definition) is 2. The van der Waals surface area contributed by atoms with Crippen molar-refractivity contribution in [3.8, 4) is 6.19 Å². The van der Waals surface area contributed by atoms with Gasteiger partial charge in [-0.15, -0.1) is 0 Å². The van der Waals surface area contributed by atoms with E-state index in [0.29, 0.717) is 5.69 Å². The Kier molecular flexibility index (Phi) is 3.52. The monoisotopic (exact) mass is 254 g/mol. The molecular weight excluding hydrogens is 254 g/mol. The van der Waals surface area contributed by atoms with Crippen LogP contribution in [0.3, 0.4) is 0 Å².